The van der Waals surface area contributed by atoms with E-state index < -0.39 is 11.8 Å². The molecule has 1 rings (SSSR count). The molecule has 0 saturated carbocycles. The van der Waals surface area contributed by atoms with E-state index in [0.29, 0.717) is 5.75 Å². The summed E-state index contributed by atoms with van der Waals surface area (Å²) in [6, 6.07) is 2.92. The Bertz CT molecular complexity index is 365. The number of carboxylic acid groups (broad SMARTS) is 1. The number of carboxylic acids is 1. The van der Waals surface area contributed by atoms with E-state index in [2.05, 4.69) is 15.9 Å². The van der Waals surface area contributed by atoms with Crippen LogP contribution in [0.3, 0.4) is 0 Å². The third-order valence-corrected chi connectivity index (χ3v) is 2.43. The zero-order valence-electron chi connectivity index (χ0n) is 7.38. The predicted molar refractivity (Wildman–Crippen MR) is 52.0 cm³/mol. The topological polar surface area (TPSA) is 46.5 Å². The first-order valence-corrected chi connectivity index (χ1v) is 4.58. The molecule has 3 nitrogen and oxygen atoms in total. The number of methoxy groups -OCH3 is 1. The standard InChI is InChI=1S/C9H8BrFO3/c1-14-6-3-2-5(4-7(12)13)9(11)8(6)10/h2-3H,4H2,1H3,(H,12,13). The van der Waals surface area contributed by atoms with Gasteiger partial charge in [0.1, 0.15) is 11.6 Å². The fourth-order valence-electron chi connectivity index (χ4n) is 1.03. The van der Waals surface area contributed by atoms with Gasteiger partial charge in [0.15, 0.2) is 0 Å². The lowest BCUT2D eigenvalue weighted by Gasteiger charge is -2.06. The molecule has 14 heavy (non-hydrogen) atoms. The van der Waals surface area contributed by atoms with Crippen molar-refractivity contribution in [3.05, 3.63) is 28.0 Å². The molecule has 0 spiro atoms. The summed E-state index contributed by atoms with van der Waals surface area (Å²) in [6.07, 6.45) is -0.339. The zero-order valence-corrected chi connectivity index (χ0v) is 8.97. The van der Waals surface area contributed by atoms with Crippen molar-refractivity contribution in [3.8, 4) is 5.75 Å². The molecule has 0 aliphatic carbocycles. The highest BCUT2D eigenvalue weighted by Gasteiger charge is 2.13. The number of ether oxygens (including phenoxy) is 1. The lowest BCUT2D eigenvalue weighted by Crippen LogP contribution is -2.03. The Morgan fingerprint density at radius 2 is 2.29 bits per heavy atom. The molecule has 0 heterocycles. The van der Waals surface area contributed by atoms with Gasteiger partial charge in [0, 0.05) is 5.56 Å². The van der Waals surface area contributed by atoms with Crippen molar-refractivity contribution in [3.63, 3.8) is 0 Å². The van der Waals surface area contributed by atoms with Gasteiger partial charge < -0.3 is 9.84 Å². The van der Waals surface area contributed by atoms with Crippen LogP contribution in [0.5, 0.6) is 5.75 Å². The zero-order chi connectivity index (χ0) is 10.7. The Hall–Kier alpha value is -1.10. The maximum Gasteiger partial charge on any atom is 0.307 e. The summed E-state index contributed by atoms with van der Waals surface area (Å²) in [7, 11) is 1.41. The number of carbonyl (C=O) groups is 1. The summed E-state index contributed by atoms with van der Waals surface area (Å²) in [5.74, 6) is -1.32. The lowest BCUT2D eigenvalue weighted by atomic mass is 10.1. The average molecular weight is 263 g/mol. The molecule has 1 aromatic rings. The van der Waals surface area contributed by atoms with Crippen molar-refractivity contribution in [1.82, 2.24) is 0 Å². The van der Waals surface area contributed by atoms with Crippen molar-refractivity contribution in [2.45, 2.75) is 6.42 Å². The highest BCUT2D eigenvalue weighted by atomic mass is 79.9. The van der Waals surface area contributed by atoms with Crippen LogP contribution in [0.2, 0.25) is 0 Å². The Kier molecular flexibility index (Phi) is 3.46. The Morgan fingerprint density at radius 3 is 2.79 bits per heavy atom. The molecule has 0 amide bonds. The molecule has 0 saturated heterocycles. The maximum atomic E-state index is 13.4. The molecule has 5 heteroatoms. The Balaban J connectivity index is 3.10. The fourth-order valence-corrected chi connectivity index (χ4v) is 1.58. The number of hydrogen-bond donors (Lipinski definition) is 1. The molecule has 76 valence electrons. The molecule has 0 fully saturated rings. The van der Waals surface area contributed by atoms with Gasteiger partial charge in [-0.1, -0.05) is 6.07 Å². The van der Waals surface area contributed by atoms with Crippen LogP contribution in [0.1, 0.15) is 5.56 Å². The van der Waals surface area contributed by atoms with E-state index in [-0.39, 0.29) is 16.5 Å². The van der Waals surface area contributed by atoms with Crippen molar-refractivity contribution in [2.75, 3.05) is 7.11 Å². The SMILES string of the molecule is COc1ccc(CC(=O)O)c(F)c1Br. The quantitative estimate of drug-likeness (QED) is 0.909. The van der Waals surface area contributed by atoms with Crippen LogP contribution < -0.4 is 4.74 Å². The van der Waals surface area contributed by atoms with Gasteiger partial charge >= 0.3 is 5.97 Å². The van der Waals surface area contributed by atoms with E-state index in [4.69, 9.17) is 9.84 Å². The molecule has 0 radical (unpaired) electrons. The van der Waals surface area contributed by atoms with Gasteiger partial charge in [-0.25, -0.2) is 4.39 Å². The largest absolute Gasteiger partial charge is 0.495 e. The van der Waals surface area contributed by atoms with Crippen LogP contribution in [-0.4, -0.2) is 18.2 Å². The van der Waals surface area contributed by atoms with E-state index in [9.17, 15) is 9.18 Å². The molecule has 1 N–H and O–H groups in total. The van der Waals surface area contributed by atoms with Gasteiger partial charge in [-0.3, -0.25) is 4.79 Å². The predicted octanol–water partition coefficient (Wildman–Crippen LogP) is 2.22. The summed E-state index contributed by atoms with van der Waals surface area (Å²) >= 11 is 2.99. The molecule has 1 aromatic carbocycles. The number of rotatable bonds is 3. The smallest absolute Gasteiger partial charge is 0.307 e. The van der Waals surface area contributed by atoms with Crippen LogP contribution in [-0.2, 0) is 11.2 Å². The van der Waals surface area contributed by atoms with Gasteiger partial charge in [-0.15, -0.1) is 0 Å². The van der Waals surface area contributed by atoms with Gasteiger partial charge in [0.05, 0.1) is 18.0 Å². The Morgan fingerprint density at radius 1 is 1.64 bits per heavy atom. The minimum absolute atomic E-state index is 0.130. The van der Waals surface area contributed by atoms with Crippen molar-refractivity contribution in [1.29, 1.82) is 0 Å². The first-order valence-electron chi connectivity index (χ1n) is 3.79. The molecule has 0 bridgehead atoms. The maximum absolute atomic E-state index is 13.4. The second kappa shape index (κ2) is 4.41. The summed E-state index contributed by atoms with van der Waals surface area (Å²) < 4.78 is 18.4. The molecule has 0 aliphatic rings. The molecule has 0 aromatic heterocycles. The Labute approximate surface area is 88.6 Å². The van der Waals surface area contributed by atoms with Crippen LogP contribution in [0.15, 0.2) is 16.6 Å². The lowest BCUT2D eigenvalue weighted by molar-refractivity contribution is -0.136. The van der Waals surface area contributed by atoms with E-state index >= 15 is 0 Å². The number of halogens is 2. The highest BCUT2D eigenvalue weighted by molar-refractivity contribution is 9.10. The highest BCUT2D eigenvalue weighted by Crippen LogP contribution is 2.29. The molecule has 0 aliphatic heterocycles. The van der Waals surface area contributed by atoms with Crippen molar-refractivity contribution >= 4 is 21.9 Å². The monoisotopic (exact) mass is 262 g/mol. The molecular formula is C9H8BrFO3. The van der Waals surface area contributed by atoms with Gasteiger partial charge in [-0.2, -0.15) is 0 Å². The van der Waals surface area contributed by atoms with Crippen LogP contribution >= 0.6 is 15.9 Å². The number of benzene rings is 1. The minimum Gasteiger partial charge on any atom is -0.495 e. The summed E-state index contributed by atoms with van der Waals surface area (Å²) in [5.41, 5.74) is 0.130. The summed E-state index contributed by atoms with van der Waals surface area (Å²) in [6.45, 7) is 0. The first-order chi connectivity index (χ1) is 6.56. The summed E-state index contributed by atoms with van der Waals surface area (Å²) in [5, 5.41) is 8.50. The first kappa shape index (κ1) is 11.0. The van der Waals surface area contributed by atoms with Gasteiger partial charge in [-0.05, 0) is 22.0 Å². The van der Waals surface area contributed by atoms with Crippen LogP contribution in [0.25, 0.3) is 0 Å². The number of aliphatic carboxylic acids is 1. The second-order valence-corrected chi connectivity index (χ2v) is 3.42. The molecule has 0 unspecified atom stereocenters. The third-order valence-electron chi connectivity index (χ3n) is 1.69. The fraction of sp³-hybridized carbons (Fsp3) is 0.222. The van der Waals surface area contributed by atoms with Crippen LogP contribution in [0, 0.1) is 5.82 Å². The van der Waals surface area contributed by atoms with E-state index in [0.717, 1.165) is 0 Å². The minimum atomic E-state index is -1.07. The molecule has 0 atom stereocenters. The third kappa shape index (κ3) is 2.23. The van der Waals surface area contributed by atoms with Crippen molar-refractivity contribution < 1.29 is 19.0 Å². The van der Waals surface area contributed by atoms with Gasteiger partial charge in [0.25, 0.3) is 0 Å². The summed E-state index contributed by atoms with van der Waals surface area (Å²) in [4.78, 5) is 10.4. The molecular weight excluding hydrogens is 255 g/mol. The normalized spacial score (nSPS) is 9.93. The van der Waals surface area contributed by atoms with E-state index in [1.165, 1.54) is 19.2 Å². The number of hydrogen-bond acceptors (Lipinski definition) is 2. The van der Waals surface area contributed by atoms with E-state index in [1.807, 2.05) is 0 Å². The van der Waals surface area contributed by atoms with E-state index in [1.54, 1.807) is 0 Å². The van der Waals surface area contributed by atoms with Crippen molar-refractivity contribution in [2.24, 2.45) is 0 Å². The van der Waals surface area contributed by atoms with Gasteiger partial charge in [0.2, 0.25) is 0 Å². The van der Waals surface area contributed by atoms with Crippen LogP contribution in [0.4, 0.5) is 4.39 Å². The average Bonchev–Trinajstić information content (AvgIpc) is 2.13. The second-order valence-electron chi connectivity index (χ2n) is 2.63.